The van der Waals surface area contributed by atoms with Gasteiger partial charge in [-0.15, -0.1) is 0 Å². The minimum absolute atomic E-state index is 0. The first-order chi connectivity index (χ1) is 19.7. The van der Waals surface area contributed by atoms with Crippen LogP contribution in [0.15, 0.2) is 24.6 Å². The van der Waals surface area contributed by atoms with E-state index >= 15 is 0 Å². The third-order valence-electron chi connectivity index (χ3n) is 7.99. The predicted octanol–water partition coefficient (Wildman–Crippen LogP) is 1.32. The summed E-state index contributed by atoms with van der Waals surface area (Å²) in [4.78, 5) is 44.7. The van der Waals surface area contributed by atoms with Gasteiger partial charge in [0.05, 0.1) is 24.3 Å². The maximum atomic E-state index is 11.2. The second-order valence-electron chi connectivity index (χ2n) is 10.8. The van der Waals surface area contributed by atoms with E-state index in [-0.39, 0.29) is 37.7 Å². The van der Waals surface area contributed by atoms with Gasteiger partial charge in [-0.3, -0.25) is 8.97 Å². The molecule has 0 fully saturated rings. The normalized spacial score (nSPS) is 16.9. The Hall–Kier alpha value is -1.54. The van der Waals surface area contributed by atoms with Crippen molar-refractivity contribution in [2.24, 2.45) is 0 Å². The summed E-state index contributed by atoms with van der Waals surface area (Å²) in [6, 6.07) is -4.44. The molecular formula is C30H54CaN2O10+2. The number of rotatable bonds is 22. The Kier molecular flexibility index (Phi) is 26.4. The fraction of sp³-hybridized carbons (Fsp3) is 0.733. The van der Waals surface area contributed by atoms with Crippen LogP contribution in [0.4, 0.5) is 0 Å². The molecule has 0 rings (SSSR count). The molecule has 244 valence electrons. The average molecular weight is 643 g/mol. The molecule has 0 aromatic rings. The molecule has 4 N–H and O–H groups in total. The fourth-order valence-electron chi connectivity index (χ4n) is 4.49. The molecule has 12 nitrogen and oxygen atoms in total. The van der Waals surface area contributed by atoms with E-state index in [9.17, 15) is 49.8 Å². The van der Waals surface area contributed by atoms with Crippen molar-refractivity contribution < 1.29 is 58.8 Å². The summed E-state index contributed by atoms with van der Waals surface area (Å²) >= 11 is 0. The van der Waals surface area contributed by atoms with Crippen LogP contribution in [-0.2, 0) is 19.2 Å². The van der Waals surface area contributed by atoms with Crippen molar-refractivity contribution in [1.82, 2.24) is 0 Å². The van der Waals surface area contributed by atoms with E-state index in [0.29, 0.717) is 0 Å². The van der Waals surface area contributed by atoms with Crippen LogP contribution in [0.5, 0.6) is 0 Å². The average Bonchev–Trinajstić information content (AvgIpc) is 2.95. The van der Waals surface area contributed by atoms with Crippen LogP contribution in [-0.4, -0.2) is 129 Å². The minimum Gasteiger partial charge on any atom is -0.544 e. The number of allylic oxidation sites excluding steroid dienone is 2. The van der Waals surface area contributed by atoms with Crippen molar-refractivity contribution in [3.63, 3.8) is 0 Å². The smallest absolute Gasteiger partial charge is 0.544 e. The van der Waals surface area contributed by atoms with Gasteiger partial charge in [-0.05, 0) is 65.5 Å². The molecule has 0 aromatic heterocycles. The van der Waals surface area contributed by atoms with E-state index in [1.165, 1.54) is 40.1 Å². The zero-order chi connectivity index (χ0) is 32.9. The first-order valence-corrected chi connectivity index (χ1v) is 14.8. The van der Waals surface area contributed by atoms with E-state index in [0.717, 1.165) is 64.2 Å². The van der Waals surface area contributed by atoms with Gasteiger partial charge in [-0.1, -0.05) is 52.4 Å². The van der Waals surface area contributed by atoms with Gasteiger partial charge in [0.15, 0.2) is 25.5 Å². The first-order valence-electron chi connectivity index (χ1n) is 14.8. The standard InChI is InChI=1S/2C15H27NO5.Ca/c2*1-4-5-6-7-8-9-10-16(11-17,12(2)14(18)19)13(3)15(20)21;/h2*9-10,12-13,17H,4-8,11H2,1-3H3,(H-,18,19,20,21);/q;;+2/b2*10-9+;. The molecule has 0 aromatic carbocycles. The van der Waals surface area contributed by atoms with Crippen LogP contribution in [0.1, 0.15) is 106 Å². The number of carbonyl (C=O) groups is 4. The van der Waals surface area contributed by atoms with Gasteiger partial charge in [0.2, 0.25) is 0 Å². The number of carboxylic acid groups (broad SMARTS) is 4. The van der Waals surface area contributed by atoms with Crippen LogP contribution < -0.4 is 10.2 Å². The number of aliphatic hydroxyl groups is 2. The number of hydrogen-bond donors (Lipinski definition) is 4. The number of aliphatic carboxylic acids is 4. The predicted molar refractivity (Wildman–Crippen MR) is 159 cm³/mol. The van der Waals surface area contributed by atoms with Crippen molar-refractivity contribution in [2.75, 3.05) is 13.5 Å². The minimum atomic E-state index is -1.38. The SMILES string of the molecule is CCCCCC/C=C/[N+](CO)(C(C)C(=O)[O-])C(C)C(=O)O.CCCCCC/C=C/[N+](CO)(C(C)C(=O)[O-])C(C)C(=O)O.[Ca+2]. The second-order valence-corrected chi connectivity index (χ2v) is 10.8. The number of carbonyl (C=O) groups excluding carboxylic acids is 2. The third kappa shape index (κ3) is 15.3. The molecule has 0 amide bonds. The summed E-state index contributed by atoms with van der Waals surface area (Å²) in [6.45, 7) is 8.50. The summed E-state index contributed by atoms with van der Waals surface area (Å²) in [5.74, 6) is -5.08. The Morgan fingerprint density at radius 2 is 0.907 bits per heavy atom. The molecule has 0 saturated carbocycles. The van der Waals surface area contributed by atoms with E-state index in [1.807, 2.05) is 0 Å². The Morgan fingerprint density at radius 3 is 1.12 bits per heavy atom. The van der Waals surface area contributed by atoms with Crippen molar-refractivity contribution in [3.8, 4) is 0 Å². The van der Waals surface area contributed by atoms with Gasteiger partial charge in [0.25, 0.3) is 0 Å². The van der Waals surface area contributed by atoms with Crippen LogP contribution in [0, 0.1) is 0 Å². The van der Waals surface area contributed by atoms with Gasteiger partial charge in [0.1, 0.15) is 12.1 Å². The number of nitrogens with zero attached hydrogens (tertiary/aromatic N) is 2. The number of hydrogen-bond acceptors (Lipinski definition) is 8. The van der Waals surface area contributed by atoms with Crippen molar-refractivity contribution in [3.05, 3.63) is 24.6 Å². The molecule has 0 aliphatic carbocycles. The summed E-state index contributed by atoms with van der Waals surface area (Å²) in [5.41, 5.74) is 0. The van der Waals surface area contributed by atoms with Crippen LogP contribution in [0.2, 0.25) is 0 Å². The number of quaternary nitrogens is 2. The van der Waals surface area contributed by atoms with Crippen LogP contribution in [0.25, 0.3) is 0 Å². The van der Waals surface area contributed by atoms with Crippen molar-refractivity contribution >= 4 is 61.6 Å². The largest absolute Gasteiger partial charge is 2.00 e. The third-order valence-corrected chi connectivity index (χ3v) is 7.99. The first kappa shape index (κ1) is 45.9. The molecule has 0 saturated heterocycles. The monoisotopic (exact) mass is 642 g/mol. The maximum Gasteiger partial charge on any atom is 2.00 e. The zero-order valence-electron chi connectivity index (χ0n) is 26.9. The second kappa shape index (κ2) is 24.7. The van der Waals surface area contributed by atoms with Gasteiger partial charge in [-0.25, -0.2) is 9.59 Å². The molecule has 0 heterocycles. The van der Waals surface area contributed by atoms with Gasteiger partial charge >= 0.3 is 49.7 Å². The molecular weight excluding hydrogens is 588 g/mol. The van der Waals surface area contributed by atoms with Crippen molar-refractivity contribution in [2.45, 2.75) is 130 Å². The van der Waals surface area contributed by atoms with Crippen LogP contribution >= 0.6 is 0 Å². The quantitative estimate of drug-likeness (QED) is 0.0579. The summed E-state index contributed by atoms with van der Waals surface area (Å²) in [6.07, 6.45) is 16.5. The zero-order valence-corrected chi connectivity index (χ0v) is 29.2. The molecule has 43 heavy (non-hydrogen) atoms. The fourth-order valence-corrected chi connectivity index (χ4v) is 4.49. The molecule has 0 spiro atoms. The van der Waals surface area contributed by atoms with E-state index in [1.54, 1.807) is 12.2 Å². The summed E-state index contributed by atoms with van der Waals surface area (Å²) < 4.78 is -1.13. The summed E-state index contributed by atoms with van der Waals surface area (Å²) in [5, 5.41) is 59.9. The van der Waals surface area contributed by atoms with Gasteiger partial charge < -0.3 is 40.2 Å². The Bertz CT molecular complexity index is 771. The van der Waals surface area contributed by atoms with Gasteiger partial charge in [-0.2, -0.15) is 0 Å². The van der Waals surface area contributed by atoms with Crippen LogP contribution in [0.3, 0.4) is 0 Å². The number of unbranched alkanes of at least 4 members (excludes halogenated alkanes) is 8. The molecule has 13 heteroatoms. The number of aliphatic hydroxyl groups excluding tert-OH is 2. The van der Waals surface area contributed by atoms with Gasteiger partial charge in [0, 0.05) is 0 Å². The molecule has 0 bridgehead atoms. The topological polar surface area (TPSA) is 195 Å². The molecule has 0 aliphatic rings. The number of carboxylic acids is 4. The van der Waals surface area contributed by atoms with Crippen molar-refractivity contribution in [1.29, 1.82) is 0 Å². The Labute approximate surface area is 286 Å². The van der Waals surface area contributed by atoms with E-state index in [4.69, 9.17) is 0 Å². The van der Waals surface area contributed by atoms with E-state index in [2.05, 4.69) is 13.8 Å². The van der Waals surface area contributed by atoms with E-state index < -0.39 is 70.5 Å². The maximum absolute atomic E-state index is 11.2. The molecule has 6 atom stereocenters. The Morgan fingerprint density at radius 1 is 0.605 bits per heavy atom. The summed E-state index contributed by atoms with van der Waals surface area (Å²) in [7, 11) is 0. The molecule has 0 aliphatic heterocycles. The Balaban J connectivity index is -0.000000727. The molecule has 6 unspecified atom stereocenters. The molecule has 0 radical (unpaired) electrons.